The molecule has 6 nitrogen and oxygen atoms in total. The molecular formula is C21H29N3O3S. The third kappa shape index (κ3) is 5.33. The van der Waals surface area contributed by atoms with Crippen molar-refractivity contribution < 1.29 is 13.2 Å². The van der Waals surface area contributed by atoms with Gasteiger partial charge in [-0.1, -0.05) is 39.0 Å². The maximum atomic E-state index is 12.7. The van der Waals surface area contributed by atoms with Gasteiger partial charge in [-0.05, 0) is 48.7 Å². The van der Waals surface area contributed by atoms with Gasteiger partial charge in [0.2, 0.25) is 15.9 Å². The molecule has 2 aromatic carbocycles. The summed E-state index contributed by atoms with van der Waals surface area (Å²) in [4.78, 5) is 12.5. The Kier molecular flexibility index (Phi) is 7.60. The average molecular weight is 404 g/mol. The van der Waals surface area contributed by atoms with E-state index in [1.54, 1.807) is 18.2 Å². The molecule has 0 aliphatic rings. The number of anilines is 2. The van der Waals surface area contributed by atoms with Gasteiger partial charge in [0.25, 0.3) is 0 Å². The Bertz CT molecular complexity index is 905. The third-order valence-corrected chi connectivity index (χ3v) is 6.68. The lowest BCUT2D eigenvalue weighted by molar-refractivity contribution is -0.114. The van der Waals surface area contributed by atoms with Crippen molar-refractivity contribution in [3.63, 3.8) is 0 Å². The predicted octanol–water partition coefficient (Wildman–Crippen LogP) is 3.64. The summed E-state index contributed by atoms with van der Waals surface area (Å²) in [5, 5.41) is 5.88. The first-order chi connectivity index (χ1) is 13.3. The van der Waals surface area contributed by atoms with Gasteiger partial charge in [-0.15, -0.1) is 0 Å². The lowest BCUT2D eigenvalue weighted by Crippen LogP contribution is -2.30. The van der Waals surface area contributed by atoms with Crippen molar-refractivity contribution in [2.24, 2.45) is 0 Å². The lowest BCUT2D eigenvalue weighted by atomic mass is 10.1. The molecule has 2 N–H and O–H groups in total. The first-order valence-electron chi connectivity index (χ1n) is 9.55. The number of carbonyl (C=O) groups is 1. The van der Waals surface area contributed by atoms with Gasteiger partial charge >= 0.3 is 0 Å². The summed E-state index contributed by atoms with van der Waals surface area (Å²) >= 11 is 0. The monoisotopic (exact) mass is 403 g/mol. The van der Waals surface area contributed by atoms with Crippen molar-refractivity contribution in [1.29, 1.82) is 0 Å². The topological polar surface area (TPSA) is 78.5 Å². The maximum absolute atomic E-state index is 12.7. The van der Waals surface area contributed by atoms with E-state index in [1.807, 2.05) is 45.0 Å². The number of hydrogen-bond acceptors (Lipinski definition) is 4. The first kappa shape index (κ1) is 21.9. The molecule has 0 fully saturated rings. The van der Waals surface area contributed by atoms with Crippen LogP contribution in [0.1, 0.15) is 31.9 Å². The van der Waals surface area contributed by atoms with Gasteiger partial charge in [-0.3, -0.25) is 4.79 Å². The molecular weight excluding hydrogens is 374 g/mol. The van der Waals surface area contributed by atoms with Crippen LogP contribution in [-0.4, -0.2) is 38.3 Å². The summed E-state index contributed by atoms with van der Waals surface area (Å²) in [7, 11) is -3.54. The summed E-state index contributed by atoms with van der Waals surface area (Å²) in [6.45, 7) is 8.44. The Hall–Kier alpha value is -2.38. The molecule has 0 aliphatic carbocycles. The summed E-state index contributed by atoms with van der Waals surface area (Å²) in [6.07, 6.45) is 0.946. The summed E-state index contributed by atoms with van der Waals surface area (Å²) in [5.74, 6) is -0.194. The zero-order valence-corrected chi connectivity index (χ0v) is 17.8. The molecule has 2 aromatic rings. The number of carbonyl (C=O) groups excluding carboxylic acids is 1. The molecule has 0 unspecified atom stereocenters. The van der Waals surface area contributed by atoms with Crippen LogP contribution in [0.3, 0.4) is 0 Å². The smallest absolute Gasteiger partial charge is 0.243 e. The largest absolute Gasteiger partial charge is 0.376 e. The average Bonchev–Trinajstić information content (AvgIpc) is 2.68. The van der Waals surface area contributed by atoms with Crippen molar-refractivity contribution in [3.05, 3.63) is 53.6 Å². The molecule has 0 bridgehead atoms. The number of hydrogen-bond donors (Lipinski definition) is 2. The number of sulfonamides is 1. The molecule has 0 aromatic heterocycles. The molecule has 28 heavy (non-hydrogen) atoms. The maximum Gasteiger partial charge on any atom is 0.243 e. The van der Waals surface area contributed by atoms with E-state index in [9.17, 15) is 13.2 Å². The second-order valence-electron chi connectivity index (χ2n) is 6.52. The van der Waals surface area contributed by atoms with Gasteiger partial charge in [-0.2, -0.15) is 4.31 Å². The number of nitrogens with zero attached hydrogens (tertiary/aromatic N) is 1. The van der Waals surface area contributed by atoms with Crippen molar-refractivity contribution in [3.8, 4) is 0 Å². The quantitative estimate of drug-likeness (QED) is 0.670. The van der Waals surface area contributed by atoms with E-state index in [1.165, 1.54) is 9.87 Å². The molecule has 0 saturated carbocycles. The lowest BCUT2D eigenvalue weighted by Gasteiger charge is -2.19. The van der Waals surface area contributed by atoms with Crippen LogP contribution >= 0.6 is 0 Å². The second-order valence-corrected chi connectivity index (χ2v) is 8.46. The van der Waals surface area contributed by atoms with Crippen molar-refractivity contribution in [2.45, 2.75) is 39.0 Å². The fraction of sp³-hybridized carbons (Fsp3) is 0.381. The molecule has 0 atom stereocenters. The third-order valence-electron chi connectivity index (χ3n) is 4.64. The highest BCUT2D eigenvalue weighted by Gasteiger charge is 2.22. The Labute approximate surface area is 168 Å². The molecule has 1 amide bonds. The van der Waals surface area contributed by atoms with Crippen LogP contribution < -0.4 is 10.6 Å². The van der Waals surface area contributed by atoms with Crippen molar-refractivity contribution in [1.82, 2.24) is 4.31 Å². The van der Waals surface area contributed by atoms with Gasteiger partial charge in [-0.25, -0.2) is 8.42 Å². The molecule has 0 heterocycles. The van der Waals surface area contributed by atoms with Crippen molar-refractivity contribution in [2.75, 3.05) is 30.3 Å². The highest BCUT2D eigenvalue weighted by atomic mass is 32.2. The fourth-order valence-electron chi connectivity index (χ4n) is 2.87. The van der Waals surface area contributed by atoms with Gasteiger partial charge in [0, 0.05) is 24.5 Å². The zero-order valence-electron chi connectivity index (χ0n) is 17.0. The molecule has 152 valence electrons. The molecule has 0 spiro atoms. The van der Waals surface area contributed by atoms with Crippen LogP contribution in [0.4, 0.5) is 11.4 Å². The molecule has 0 radical (unpaired) electrons. The van der Waals surface area contributed by atoms with Crippen LogP contribution in [0.15, 0.2) is 47.4 Å². The van der Waals surface area contributed by atoms with Gasteiger partial charge < -0.3 is 10.6 Å². The van der Waals surface area contributed by atoms with Gasteiger partial charge in [0.05, 0.1) is 11.4 Å². The van der Waals surface area contributed by atoms with Crippen LogP contribution in [0, 0.1) is 6.92 Å². The highest BCUT2D eigenvalue weighted by molar-refractivity contribution is 7.89. The minimum atomic E-state index is -3.54. The SMILES string of the molecule is CCc1ccc(NC(=O)CNc2cc(S(=O)(=O)N(CC)CC)ccc2C)cc1. The Morgan fingerprint density at radius 1 is 1.00 bits per heavy atom. The Morgan fingerprint density at radius 2 is 1.64 bits per heavy atom. The van der Waals surface area contributed by atoms with Gasteiger partial charge in [0.1, 0.15) is 0 Å². The predicted molar refractivity (Wildman–Crippen MR) is 114 cm³/mol. The van der Waals surface area contributed by atoms with E-state index < -0.39 is 10.0 Å². The Balaban J connectivity index is 2.08. The molecule has 0 aliphatic heterocycles. The van der Waals surface area contributed by atoms with Crippen LogP contribution in [0.25, 0.3) is 0 Å². The highest BCUT2D eigenvalue weighted by Crippen LogP contribution is 2.23. The molecule has 7 heteroatoms. The van der Waals surface area contributed by atoms with E-state index in [-0.39, 0.29) is 17.3 Å². The minimum absolute atomic E-state index is 0.0468. The summed E-state index contributed by atoms with van der Waals surface area (Å²) in [5.41, 5.74) is 3.44. The first-order valence-corrected chi connectivity index (χ1v) is 11.0. The summed E-state index contributed by atoms with van der Waals surface area (Å²) in [6, 6.07) is 12.7. The van der Waals surface area contributed by atoms with Gasteiger partial charge in [0.15, 0.2) is 0 Å². The van der Waals surface area contributed by atoms with Crippen molar-refractivity contribution >= 4 is 27.3 Å². The van der Waals surface area contributed by atoms with E-state index in [4.69, 9.17) is 0 Å². The van der Waals surface area contributed by atoms with E-state index in [2.05, 4.69) is 17.6 Å². The number of amides is 1. The molecule has 2 rings (SSSR count). The van der Waals surface area contributed by atoms with Crippen LogP contribution in [0.5, 0.6) is 0 Å². The van der Waals surface area contributed by atoms with E-state index >= 15 is 0 Å². The second kappa shape index (κ2) is 9.71. The number of aryl methyl sites for hydroxylation is 2. The molecule has 0 saturated heterocycles. The summed E-state index contributed by atoms with van der Waals surface area (Å²) < 4.78 is 26.8. The number of benzene rings is 2. The van der Waals surface area contributed by atoms with Crippen LogP contribution in [0.2, 0.25) is 0 Å². The van der Waals surface area contributed by atoms with E-state index in [0.29, 0.717) is 18.8 Å². The number of nitrogens with one attached hydrogen (secondary N) is 2. The number of rotatable bonds is 9. The standard InChI is InChI=1S/C21H29N3O3S/c1-5-17-9-11-18(12-10-17)23-21(25)15-22-20-14-19(13-8-16(20)4)28(26,27)24(6-2)7-3/h8-14,22H,5-7,15H2,1-4H3,(H,23,25). The van der Waals surface area contributed by atoms with Crippen LogP contribution in [-0.2, 0) is 21.2 Å². The minimum Gasteiger partial charge on any atom is -0.376 e. The van der Waals surface area contributed by atoms with E-state index in [0.717, 1.165) is 17.7 Å². The zero-order chi connectivity index (χ0) is 20.7. The normalized spacial score (nSPS) is 11.5. The fourth-order valence-corrected chi connectivity index (χ4v) is 4.35. The Morgan fingerprint density at radius 3 is 2.21 bits per heavy atom.